The summed E-state index contributed by atoms with van der Waals surface area (Å²) in [5.74, 6) is 1.01. The number of unbranched alkanes of at least 4 members (excludes halogenated alkanes) is 38. The van der Waals surface area contributed by atoms with Crippen LogP contribution in [0, 0.1) is 23.7 Å². The van der Waals surface area contributed by atoms with Gasteiger partial charge >= 0.3 is 39.5 Å². The molecule has 0 saturated heterocycles. The first kappa shape index (κ1) is 95.1. The topological polar surface area (TPSA) is 237 Å². The van der Waals surface area contributed by atoms with E-state index in [1.807, 2.05) is 0 Å². The van der Waals surface area contributed by atoms with Crippen LogP contribution in [0.15, 0.2) is 0 Å². The summed E-state index contributed by atoms with van der Waals surface area (Å²) in [7, 11) is -9.91. The Morgan fingerprint density at radius 1 is 0.289 bits per heavy atom. The maximum Gasteiger partial charge on any atom is 0.472 e. The molecule has 0 aliphatic heterocycles. The second-order valence-electron chi connectivity index (χ2n) is 29.3. The summed E-state index contributed by atoms with van der Waals surface area (Å²) >= 11 is 0. The lowest BCUT2D eigenvalue weighted by atomic mass is 9.99. The molecule has 576 valence electrons. The number of phosphoric ester groups is 2. The lowest BCUT2D eigenvalue weighted by Crippen LogP contribution is -2.30. The second kappa shape index (κ2) is 67.2. The van der Waals surface area contributed by atoms with Crippen molar-refractivity contribution in [3.05, 3.63) is 0 Å². The molecule has 19 heteroatoms. The van der Waals surface area contributed by atoms with Gasteiger partial charge in [0.25, 0.3) is 0 Å². The van der Waals surface area contributed by atoms with Crippen LogP contribution < -0.4 is 0 Å². The van der Waals surface area contributed by atoms with E-state index in [4.69, 9.17) is 37.0 Å². The molecule has 0 bridgehead atoms. The van der Waals surface area contributed by atoms with E-state index >= 15 is 0 Å². The van der Waals surface area contributed by atoms with Gasteiger partial charge in [-0.05, 0) is 49.4 Å². The third-order valence-corrected chi connectivity index (χ3v) is 21.1. The summed E-state index contributed by atoms with van der Waals surface area (Å²) in [6.07, 6.45) is 52.8. The zero-order valence-corrected chi connectivity index (χ0v) is 65.5. The standard InChI is InChI=1S/C78H152O17P2/c1-9-69(6)55-47-39-30-24-20-18-16-14-12-13-15-17-19-21-26-34-44-52-60-77(82)95-74(65-89-76(81)59-51-43-37-36-38-46-54-68(4)5)67-93-97(86,87)91-63-72(79)62-90-96(84,85)92-66-73(64-88-75(80)58-50-42-33-29-28-32-41-49-57-71(8)11-3)94-78(83)61-53-45-35-27-23-22-25-31-40-48-56-70(7)10-2/h68-74,79H,9-67H2,1-8H3,(H,84,85)(H,86,87)/t69?,70?,71?,72-,73-,74-/m1/s1. The Morgan fingerprint density at radius 2 is 0.495 bits per heavy atom. The van der Waals surface area contributed by atoms with Crippen LogP contribution in [0.3, 0.4) is 0 Å². The van der Waals surface area contributed by atoms with Gasteiger partial charge in [0.1, 0.15) is 19.3 Å². The summed E-state index contributed by atoms with van der Waals surface area (Å²) < 4.78 is 68.5. The van der Waals surface area contributed by atoms with Crippen LogP contribution in [0.4, 0.5) is 0 Å². The highest BCUT2D eigenvalue weighted by Gasteiger charge is 2.30. The van der Waals surface area contributed by atoms with Crippen molar-refractivity contribution in [1.29, 1.82) is 0 Å². The minimum atomic E-state index is -4.96. The number of carbonyl (C=O) groups excluding carboxylic acids is 4. The largest absolute Gasteiger partial charge is 0.472 e. The molecule has 0 aliphatic rings. The summed E-state index contributed by atoms with van der Waals surface area (Å²) in [6, 6.07) is 0. The molecule has 0 aromatic heterocycles. The van der Waals surface area contributed by atoms with Gasteiger partial charge in [0.05, 0.1) is 26.4 Å². The molecule has 0 saturated carbocycles. The Hall–Kier alpha value is -1.94. The lowest BCUT2D eigenvalue weighted by molar-refractivity contribution is -0.161. The molecule has 5 unspecified atom stereocenters. The Balaban J connectivity index is 5.17. The van der Waals surface area contributed by atoms with Crippen LogP contribution in [0.2, 0.25) is 0 Å². The van der Waals surface area contributed by atoms with Crippen LogP contribution in [0.25, 0.3) is 0 Å². The fraction of sp³-hybridized carbons (Fsp3) is 0.949. The smallest absolute Gasteiger partial charge is 0.462 e. The predicted molar refractivity (Wildman–Crippen MR) is 395 cm³/mol. The molecule has 0 amide bonds. The lowest BCUT2D eigenvalue weighted by Gasteiger charge is -2.21. The van der Waals surface area contributed by atoms with Gasteiger partial charge < -0.3 is 33.8 Å². The maximum absolute atomic E-state index is 13.1. The predicted octanol–water partition coefficient (Wildman–Crippen LogP) is 22.8. The summed E-state index contributed by atoms with van der Waals surface area (Å²) in [4.78, 5) is 72.8. The van der Waals surface area contributed by atoms with E-state index in [9.17, 15) is 43.2 Å². The van der Waals surface area contributed by atoms with Crippen molar-refractivity contribution in [2.24, 2.45) is 23.7 Å². The number of carbonyl (C=O) groups is 4. The zero-order valence-electron chi connectivity index (χ0n) is 63.7. The van der Waals surface area contributed by atoms with E-state index in [0.29, 0.717) is 31.6 Å². The Bertz CT molecular complexity index is 1910. The van der Waals surface area contributed by atoms with Crippen LogP contribution in [-0.4, -0.2) is 96.7 Å². The number of rotatable bonds is 75. The van der Waals surface area contributed by atoms with Gasteiger partial charge in [-0.2, -0.15) is 0 Å². The van der Waals surface area contributed by atoms with Crippen molar-refractivity contribution >= 4 is 39.5 Å². The van der Waals surface area contributed by atoms with Gasteiger partial charge in [0.15, 0.2) is 12.2 Å². The normalized spacial score (nSPS) is 14.9. The molecule has 0 fully saturated rings. The van der Waals surface area contributed by atoms with E-state index in [1.54, 1.807) is 0 Å². The fourth-order valence-corrected chi connectivity index (χ4v) is 13.4. The number of hydrogen-bond donors (Lipinski definition) is 3. The summed E-state index contributed by atoms with van der Waals surface area (Å²) in [6.45, 7) is 14.2. The van der Waals surface area contributed by atoms with Gasteiger partial charge in [0, 0.05) is 25.7 Å². The third kappa shape index (κ3) is 68.3. The van der Waals surface area contributed by atoms with Crippen molar-refractivity contribution in [3.63, 3.8) is 0 Å². The Morgan fingerprint density at radius 3 is 0.732 bits per heavy atom. The first-order chi connectivity index (χ1) is 46.7. The minimum absolute atomic E-state index is 0.105. The molecule has 8 atom stereocenters. The maximum atomic E-state index is 13.1. The van der Waals surface area contributed by atoms with Gasteiger partial charge in [0.2, 0.25) is 0 Å². The number of hydrogen-bond acceptors (Lipinski definition) is 15. The molecule has 17 nitrogen and oxygen atoms in total. The number of aliphatic hydroxyl groups excluding tert-OH is 1. The van der Waals surface area contributed by atoms with Crippen LogP contribution in [-0.2, 0) is 65.4 Å². The SMILES string of the molecule is CCC(C)CCCCCCCCCCCCCCCCCCCCC(=O)O[C@H](COC(=O)CCCCCCCCC(C)C)COP(=O)(O)OC[C@H](O)COP(=O)(O)OC[C@@H](COC(=O)CCCCCCCCCCC(C)CC)OC(=O)CCCCCCCCCCCCC(C)CC. The molecule has 0 heterocycles. The van der Waals surface area contributed by atoms with Crippen LogP contribution in [0.1, 0.15) is 396 Å². The highest BCUT2D eigenvalue weighted by molar-refractivity contribution is 7.47. The molecule has 3 N–H and O–H groups in total. The number of esters is 4. The second-order valence-corrected chi connectivity index (χ2v) is 32.2. The van der Waals surface area contributed by atoms with E-state index in [-0.39, 0.29) is 25.7 Å². The highest BCUT2D eigenvalue weighted by Crippen LogP contribution is 2.45. The van der Waals surface area contributed by atoms with Crippen LogP contribution >= 0.6 is 15.6 Å². The van der Waals surface area contributed by atoms with Gasteiger partial charge in [-0.1, -0.05) is 344 Å². The molecule has 0 aromatic rings. The average Bonchev–Trinajstić information content (AvgIpc) is 2.10. The van der Waals surface area contributed by atoms with Crippen molar-refractivity contribution in [1.82, 2.24) is 0 Å². The van der Waals surface area contributed by atoms with Crippen molar-refractivity contribution < 1.29 is 80.2 Å². The van der Waals surface area contributed by atoms with Crippen molar-refractivity contribution in [2.75, 3.05) is 39.6 Å². The molecular formula is C78H152O17P2. The Kier molecular flexibility index (Phi) is 65.9. The number of ether oxygens (including phenoxy) is 4. The van der Waals surface area contributed by atoms with E-state index in [2.05, 4.69) is 55.4 Å². The van der Waals surface area contributed by atoms with Crippen molar-refractivity contribution in [3.8, 4) is 0 Å². The molecule has 0 radical (unpaired) electrons. The highest BCUT2D eigenvalue weighted by atomic mass is 31.2. The molecular weight excluding hydrogens is 1270 g/mol. The molecule has 0 aliphatic carbocycles. The van der Waals surface area contributed by atoms with E-state index in [1.165, 1.54) is 193 Å². The molecule has 0 aromatic carbocycles. The number of aliphatic hydroxyl groups is 1. The van der Waals surface area contributed by atoms with Crippen molar-refractivity contribution in [2.45, 2.75) is 414 Å². The molecule has 97 heavy (non-hydrogen) atoms. The first-order valence-electron chi connectivity index (χ1n) is 40.3. The van der Waals surface area contributed by atoms with Crippen LogP contribution in [0.5, 0.6) is 0 Å². The van der Waals surface area contributed by atoms with Gasteiger partial charge in [-0.15, -0.1) is 0 Å². The third-order valence-electron chi connectivity index (χ3n) is 19.2. The monoisotopic (exact) mass is 1420 g/mol. The minimum Gasteiger partial charge on any atom is -0.462 e. The fourth-order valence-electron chi connectivity index (χ4n) is 11.8. The van der Waals surface area contributed by atoms with Gasteiger partial charge in [-0.25, -0.2) is 9.13 Å². The average molecular weight is 1420 g/mol. The summed E-state index contributed by atoms with van der Waals surface area (Å²) in [5.41, 5.74) is 0. The number of phosphoric acid groups is 2. The summed E-state index contributed by atoms with van der Waals surface area (Å²) in [5, 5.41) is 10.6. The quantitative estimate of drug-likeness (QED) is 0.0222. The van der Waals surface area contributed by atoms with Gasteiger partial charge in [-0.3, -0.25) is 37.3 Å². The Labute approximate surface area is 594 Å². The molecule has 0 spiro atoms. The molecule has 0 rings (SSSR count). The zero-order chi connectivity index (χ0) is 71.7. The van der Waals surface area contributed by atoms with E-state index < -0.39 is 97.5 Å². The van der Waals surface area contributed by atoms with E-state index in [0.717, 1.165) is 114 Å². The first-order valence-corrected chi connectivity index (χ1v) is 43.3.